The summed E-state index contributed by atoms with van der Waals surface area (Å²) in [4.78, 5) is 15.9. The van der Waals surface area contributed by atoms with Crippen molar-refractivity contribution in [1.82, 2.24) is 19.2 Å². The number of fused-ring (bicyclic) bond motifs is 3. The quantitative estimate of drug-likeness (QED) is 0.304. The lowest BCUT2D eigenvalue weighted by Crippen LogP contribution is -2.45. The maximum absolute atomic E-state index is 14.0. The van der Waals surface area contributed by atoms with E-state index in [1.165, 1.54) is 0 Å². The molecule has 5 rings (SSSR count). The van der Waals surface area contributed by atoms with E-state index in [0.29, 0.717) is 42.0 Å². The molecule has 1 aromatic carbocycles. The number of hydrogen-bond acceptors (Lipinski definition) is 4. The highest BCUT2D eigenvalue weighted by molar-refractivity contribution is 6.74. The Balaban J connectivity index is 1.50. The van der Waals surface area contributed by atoms with E-state index >= 15 is 0 Å². The summed E-state index contributed by atoms with van der Waals surface area (Å²) in [6.45, 7) is 14.2. The van der Waals surface area contributed by atoms with E-state index < -0.39 is 8.32 Å². The van der Waals surface area contributed by atoms with Crippen molar-refractivity contribution in [1.29, 1.82) is 0 Å². The third-order valence-electron chi connectivity index (χ3n) is 8.17. The van der Waals surface area contributed by atoms with Crippen molar-refractivity contribution in [3.8, 4) is 11.1 Å². The highest BCUT2D eigenvalue weighted by Gasteiger charge is 2.38. The summed E-state index contributed by atoms with van der Waals surface area (Å²) in [6, 6.07) is 3.75. The van der Waals surface area contributed by atoms with Gasteiger partial charge in [-0.1, -0.05) is 50.0 Å². The van der Waals surface area contributed by atoms with Gasteiger partial charge in [-0.15, -0.1) is 0 Å². The molecule has 0 saturated carbocycles. The van der Waals surface area contributed by atoms with Crippen LogP contribution in [0.2, 0.25) is 28.2 Å². The number of ether oxygens (including phenoxy) is 1. The Labute approximate surface area is 229 Å². The van der Waals surface area contributed by atoms with Crippen LogP contribution < -0.4 is 0 Å². The van der Waals surface area contributed by atoms with Crippen molar-refractivity contribution in [3.63, 3.8) is 0 Å². The summed E-state index contributed by atoms with van der Waals surface area (Å²) in [5.41, 5.74) is 3.14. The molecule has 1 amide bonds. The molecule has 1 unspecified atom stereocenters. The summed E-state index contributed by atoms with van der Waals surface area (Å²) in [6.07, 6.45) is 6.85. The van der Waals surface area contributed by atoms with Crippen LogP contribution in [0.15, 0.2) is 24.5 Å². The van der Waals surface area contributed by atoms with Crippen LogP contribution in [0.3, 0.4) is 0 Å². The minimum absolute atomic E-state index is 0.0230. The molecule has 10 heteroatoms. The van der Waals surface area contributed by atoms with Crippen LogP contribution >= 0.6 is 23.2 Å². The van der Waals surface area contributed by atoms with Crippen LogP contribution in [0, 0.1) is 0 Å². The lowest BCUT2D eigenvalue weighted by atomic mass is 10.0. The Morgan fingerprint density at radius 3 is 2.68 bits per heavy atom. The van der Waals surface area contributed by atoms with Crippen LogP contribution in [0.4, 0.5) is 0 Å². The van der Waals surface area contributed by atoms with Gasteiger partial charge in [0.2, 0.25) is 0 Å². The molecule has 7 nitrogen and oxygen atoms in total. The number of carbonyl (C=O) groups excluding carboxylic acids is 1. The van der Waals surface area contributed by atoms with E-state index in [4.69, 9.17) is 32.4 Å². The van der Waals surface area contributed by atoms with Crippen molar-refractivity contribution in [2.45, 2.75) is 70.9 Å². The first-order valence-electron chi connectivity index (χ1n) is 13.1. The third-order valence-corrected chi connectivity index (χ3v) is 13.5. The first-order chi connectivity index (χ1) is 17.5. The van der Waals surface area contributed by atoms with Gasteiger partial charge in [0, 0.05) is 49.0 Å². The predicted octanol–water partition coefficient (Wildman–Crippen LogP) is 6.99. The lowest BCUT2D eigenvalue weighted by Gasteiger charge is -2.37. The van der Waals surface area contributed by atoms with E-state index in [9.17, 15) is 4.79 Å². The summed E-state index contributed by atoms with van der Waals surface area (Å²) in [5.74, 6) is -0.0230. The zero-order chi connectivity index (χ0) is 26.5. The number of hydrogen-bond donors (Lipinski definition) is 0. The van der Waals surface area contributed by atoms with Gasteiger partial charge in [0.1, 0.15) is 11.9 Å². The molecule has 0 bridgehead atoms. The summed E-state index contributed by atoms with van der Waals surface area (Å²) in [7, 11) is -1.90. The number of halogens is 2. The Bertz CT molecular complexity index is 1320. The average molecular weight is 564 g/mol. The summed E-state index contributed by atoms with van der Waals surface area (Å²) in [5, 5.41) is 6.59. The topological polar surface area (TPSA) is 61.5 Å². The van der Waals surface area contributed by atoms with E-state index in [0.717, 1.165) is 47.9 Å². The number of carbonyl (C=O) groups is 1. The Morgan fingerprint density at radius 1 is 1.19 bits per heavy atom. The highest BCUT2D eigenvalue weighted by Crippen LogP contribution is 2.43. The number of rotatable bonds is 6. The Morgan fingerprint density at radius 2 is 1.97 bits per heavy atom. The third kappa shape index (κ3) is 4.87. The first-order valence-corrected chi connectivity index (χ1v) is 16.8. The molecule has 1 fully saturated rings. The van der Waals surface area contributed by atoms with E-state index in [1.807, 2.05) is 32.6 Å². The van der Waals surface area contributed by atoms with Crippen molar-refractivity contribution < 1.29 is 14.0 Å². The molecule has 1 saturated heterocycles. The average Bonchev–Trinajstić information content (AvgIpc) is 3.46. The molecule has 200 valence electrons. The van der Waals surface area contributed by atoms with Gasteiger partial charge in [-0.2, -0.15) is 5.10 Å². The minimum Gasteiger partial charge on any atom is -0.415 e. The second-order valence-electron chi connectivity index (χ2n) is 11.6. The molecular formula is C27H36Cl2N4O3Si. The highest BCUT2D eigenvalue weighted by atomic mass is 35.5. The number of aromatic nitrogens is 3. The molecule has 0 aliphatic carbocycles. The molecule has 2 aromatic heterocycles. The van der Waals surface area contributed by atoms with Crippen LogP contribution in [0.25, 0.3) is 22.0 Å². The zero-order valence-electron chi connectivity index (χ0n) is 22.3. The van der Waals surface area contributed by atoms with Crippen LogP contribution in [-0.2, 0) is 15.7 Å². The minimum atomic E-state index is -1.90. The molecule has 2 aliphatic heterocycles. The van der Waals surface area contributed by atoms with Gasteiger partial charge in [-0.3, -0.25) is 4.79 Å². The standard InChI is InChI=1S/C27H36Cl2N4O3Si/c1-27(2,3)37(4,5)36-15-13-31-11-12-32-24-19(9-10-20(28)23(24)29)22(25(32)26(31)34)18-16-30-33(17-18)21-8-6-7-14-35-21/h9-10,16-17,21H,6-8,11-15H2,1-5H3. The van der Waals surface area contributed by atoms with Crippen LogP contribution in [0.1, 0.15) is 56.8 Å². The Kier molecular flexibility index (Phi) is 7.26. The van der Waals surface area contributed by atoms with E-state index in [2.05, 4.69) is 39.0 Å². The van der Waals surface area contributed by atoms with Gasteiger partial charge >= 0.3 is 0 Å². The fraction of sp³-hybridized carbons (Fsp3) is 0.556. The van der Waals surface area contributed by atoms with E-state index in [1.54, 1.807) is 6.07 Å². The van der Waals surface area contributed by atoms with Gasteiger partial charge in [-0.05, 0) is 43.5 Å². The number of amides is 1. The second kappa shape index (κ2) is 10.0. The second-order valence-corrected chi connectivity index (χ2v) is 17.2. The van der Waals surface area contributed by atoms with Gasteiger partial charge < -0.3 is 18.6 Å². The molecular weight excluding hydrogens is 527 g/mol. The summed E-state index contributed by atoms with van der Waals surface area (Å²) >= 11 is 13.1. The molecule has 4 heterocycles. The van der Waals surface area contributed by atoms with Crippen molar-refractivity contribution in [2.24, 2.45) is 0 Å². The molecule has 0 spiro atoms. The van der Waals surface area contributed by atoms with Gasteiger partial charge in [-0.25, -0.2) is 4.68 Å². The number of benzene rings is 1. The van der Waals surface area contributed by atoms with Gasteiger partial charge in [0.15, 0.2) is 8.32 Å². The maximum Gasteiger partial charge on any atom is 0.271 e. The molecule has 2 aliphatic rings. The molecule has 0 radical (unpaired) electrons. The molecule has 37 heavy (non-hydrogen) atoms. The largest absolute Gasteiger partial charge is 0.415 e. The maximum atomic E-state index is 14.0. The van der Waals surface area contributed by atoms with Crippen molar-refractivity contribution in [2.75, 3.05) is 26.3 Å². The zero-order valence-corrected chi connectivity index (χ0v) is 24.8. The van der Waals surface area contributed by atoms with Crippen molar-refractivity contribution in [3.05, 3.63) is 40.3 Å². The SMILES string of the molecule is CC(C)(C)[Si](C)(C)OCCN1CCn2c(c(-c3cnn(C4CCCCO4)c3)c3ccc(Cl)c(Cl)c32)C1=O. The molecule has 3 aromatic rings. The van der Waals surface area contributed by atoms with Crippen LogP contribution in [0.5, 0.6) is 0 Å². The van der Waals surface area contributed by atoms with Gasteiger partial charge in [0.05, 0.1) is 28.4 Å². The monoisotopic (exact) mass is 562 g/mol. The normalized spacial score (nSPS) is 19.1. The molecule has 0 N–H and O–H groups in total. The molecule has 1 atom stereocenters. The fourth-order valence-corrected chi connectivity index (χ4v) is 6.44. The summed E-state index contributed by atoms with van der Waals surface area (Å²) < 4.78 is 16.2. The smallest absolute Gasteiger partial charge is 0.271 e. The van der Waals surface area contributed by atoms with Gasteiger partial charge in [0.25, 0.3) is 5.91 Å². The van der Waals surface area contributed by atoms with Crippen molar-refractivity contribution >= 4 is 48.3 Å². The lowest BCUT2D eigenvalue weighted by molar-refractivity contribution is -0.0394. The number of nitrogens with zero attached hydrogens (tertiary/aromatic N) is 4. The predicted molar refractivity (Wildman–Crippen MR) is 151 cm³/mol. The fourth-order valence-electron chi connectivity index (χ4n) is 4.99. The Hall–Kier alpha value is -1.84. The first kappa shape index (κ1) is 26.8. The van der Waals surface area contributed by atoms with E-state index in [-0.39, 0.29) is 17.2 Å². The van der Waals surface area contributed by atoms with Crippen LogP contribution in [-0.4, -0.2) is 59.8 Å².